The summed E-state index contributed by atoms with van der Waals surface area (Å²) in [6.07, 6.45) is 1.07. The van der Waals surface area contributed by atoms with E-state index in [-0.39, 0.29) is 68.4 Å². The lowest BCUT2D eigenvalue weighted by molar-refractivity contribution is -0.0221. The van der Waals surface area contributed by atoms with Crippen molar-refractivity contribution in [3.8, 4) is 0 Å². The highest BCUT2D eigenvalue weighted by molar-refractivity contribution is 5.86. The van der Waals surface area contributed by atoms with Gasteiger partial charge in [-0.3, -0.25) is 4.90 Å². The highest BCUT2D eigenvalue weighted by Crippen LogP contribution is 2.25. The van der Waals surface area contributed by atoms with Crippen LogP contribution >= 0.6 is 49.6 Å². The van der Waals surface area contributed by atoms with Gasteiger partial charge in [0.2, 0.25) is 0 Å². The standard InChI is InChI=1S/C17H36N4O3.4ClH/c1-19(2)9-10-21(4)16-14(24-15(12-22)17(16)23)11-18-13-5-7-20(3)8-6-13;;;;/h13-18,22-23H,5-12H2,1-4H3;4*1H/t14-,15+,16+,17-;;;;/m1..../s1. The van der Waals surface area contributed by atoms with Crippen molar-refractivity contribution in [2.24, 2.45) is 0 Å². The van der Waals surface area contributed by atoms with Gasteiger partial charge in [-0.15, -0.1) is 49.6 Å². The normalized spacial score (nSPS) is 28.3. The fourth-order valence-electron chi connectivity index (χ4n) is 3.69. The summed E-state index contributed by atoms with van der Waals surface area (Å²) >= 11 is 0. The van der Waals surface area contributed by atoms with Gasteiger partial charge in [-0.2, -0.15) is 0 Å². The number of likely N-dealkylation sites (N-methyl/N-ethyl adjacent to an activating group) is 2. The van der Waals surface area contributed by atoms with Crippen molar-refractivity contribution in [1.82, 2.24) is 20.0 Å². The zero-order valence-electron chi connectivity index (χ0n) is 17.3. The molecule has 0 aliphatic carbocycles. The molecule has 2 rings (SSSR count). The Hall–Kier alpha value is 0.880. The number of likely N-dealkylation sites (tertiary alicyclic amines) is 1. The molecule has 11 heteroatoms. The van der Waals surface area contributed by atoms with Gasteiger partial charge in [-0.05, 0) is 54.1 Å². The molecule has 0 aromatic rings. The van der Waals surface area contributed by atoms with Gasteiger partial charge >= 0.3 is 0 Å². The molecule has 7 nitrogen and oxygen atoms in total. The SMILES string of the molecule is CN(C)CCN(C)[C@@H]1[C@H](O)[C@H](CO)O[C@@H]1CNC1CCN(C)CC1.Cl.Cl.Cl.Cl. The molecule has 2 aliphatic rings. The van der Waals surface area contributed by atoms with Crippen LogP contribution in [0.4, 0.5) is 0 Å². The third kappa shape index (κ3) is 9.79. The molecule has 2 saturated heterocycles. The van der Waals surface area contributed by atoms with E-state index in [0.29, 0.717) is 6.04 Å². The monoisotopic (exact) mass is 488 g/mol. The number of nitrogens with zero attached hydrogens (tertiary/aromatic N) is 3. The Morgan fingerprint density at radius 3 is 2.07 bits per heavy atom. The predicted molar refractivity (Wildman–Crippen MR) is 124 cm³/mol. The fourth-order valence-corrected chi connectivity index (χ4v) is 3.69. The van der Waals surface area contributed by atoms with Crippen LogP contribution in [-0.4, -0.2) is 123 Å². The van der Waals surface area contributed by atoms with E-state index in [1.807, 2.05) is 21.1 Å². The molecule has 174 valence electrons. The molecule has 0 saturated carbocycles. The zero-order chi connectivity index (χ0) is 17.7. The van der Waals surface area contributed by atoms with Crippen molar-refractivity contribution in [3.05, 3.63) is 0 Å². The summed E-state index contributed by atoms with van der Waals surface area (Å²) in [5.74, 6) is 0. The van der Waals surface area contributed by atoms with E-state index >= 15 is 0 Å². The third-order valence-electron chi connectivity index (χ3n) is 5.38. The molecule has 4 atom stereocenters. The van der Waals surface area contributed by atoms with Crippen LogP contribution in [-0.2, 0) is 4.74 Å². The Labute approximate surface area is 195 Å². The van der Waals surface area contributed by atoms with Gasteiger partial charge in [0.15, 0.2) is 0 Å². The summed E-state index contributed by atoms with van der Waals surface area (Å²) in [5.41, 5.74) is 0. The number of aliphatic hydroxyl groups is 2. The van der Waals surface area contributed by atoms with E-state index in [1.54, 1.807) is 0 Å². The number of piperidine rings is 1. The number of ether oxygens (including phenoxy) is 1. The van der Waals surface area contributed by atoms with Gasteiger partial charge in [0, 0.05) is 25.7 Å². The van der Waals surface area contributed by atoms with Crippen LogP contribution in [0.3, 0.4) is 0 Å². The molecule has 2 heterocycles. The number of rotatable bonds is 8. The second kappa shape index (κ2) is 16.6. The Kier molecular flexibility index (Phi) is 19.8. The van der Waals surface area contributed by atoms with Crippen LogP contribution in [0.5, 0.6) is 0 Å². The average Bonchev–Trinajstić information content (AvgIpc) is 2.88. The lowest BCUT2D eigenvalue weighted by Crippen LogP contribution is -2.52. The van der Waals surface area contributed by atoms with Gasteiger partial charge in [-0.1, -0.05) is 0 Å². The summed E-state index contributed by atoms with van der Waals surface area (Å²) in [7, 11) is 8.29. The topological polar surface area (TPSA) is 71.4 Å². The lowest BCUT2D eigenvalue weighted by Gasteiger charge is -2.33. The molecule has 2 aliphatic heterocycles. The molecule has 2 fully saturated rings. The number of nitrogens with one attached hydrogen (secondary N) is 1. The van der Waals surface area contributed by atoms with Crippen molar-refractivity contribution in [3.63, 3.8) is 0 Å². The maximum absolute atomic E-state index is 10.6. The van der Waals surface area contributed by atoms with Crippen LogP contribution in [0.1, 0.15) is 12.8 Å². The number of hydrogen-bond acceptors (Lipinski definition) is 7. The molecule has 0 aromatic carbocycles. The molecular formula is C17H40Cl4N4O3. The van der Waals surface area contributed by atoms with Crippen LogP contribution in [0, 0.1) is 0 Å². The number of aliphatic hydroxyl groups excluding tert-OH is 2. The first kappa shape index (κ1) is 33.5. The van der Waals surface area contributed by atoms with Crippen molar-refractivity contribution in [1.29, 1.82) is 0 Å². The van der Waals surface area contributed by atoms with Crippen molar-refractivity contribution < 1.29 is 14.9 Å². The molecule has 0 unspecified atom stereocenters. The molecule has 0 spiro atoms. The van der Waals surface area contributed by atoms with Crippen molar-refractivity contribution in [2.75, 3.05) is 67.5 Å². The van der Waals surface area contributed by atoms with Gasteiger partial charge in [0.05, 0.1) is 18.8 Å². The third-order valence-corrected chi connectivity index (χ3v) is 5.38. The fraction of sp³-hybridized carbons (Fsp3) is 1.00. The van der Waals surface area contributed by atoms with Crippen LogP contribution < -0.4 is 5.32 Å². The van der Waals surface area contributed by atoms with E-state index in [0.717, 1.165) is 45.6 Å². The molecule has 0 bridgehead atoms. The number of hydrogen-bond donors (Lipinski definition) is 3. The van der Waals surface area contributed by atoms with E-state index in [2.05, 4.69) is 27.1 Å². The van der Waals surface area contributed by atoms with Crippen molar-refractivity contribution >= 4 is 49.6 Å². The summed E-state index contributed by atoms with van der Waals surface area (Å²) in [5, 5.41) is 23.6. The first-order valence-electron chi connectivity index (χ1n) is 9.13. The van der Waals surface area contributed by atoms with E-state index in [4.69, 9.17) is 4.74 Å². The largest absolute Gasteiger partial charge is 0.394 e. The maximum atomic E-state index is 10.6. The van der Waals surface area contributed by atoms with Crippen LogP contribution in [0.2, 0.25) is 0 Å². The minimum atomic E-state index is -0.647. The molecule has 28 heavy (non-hydrogen) atoms. The van der Waals surface area contributed by atoms with Crippen molar-refractivity contribution in [2.45, 2.75) is 43.2 Å². The van der Waals surface area contributed by atoms with Crippen LogP contribution in [0.25, 0.3) is 0 Å². The smallest absolute Gasteiger partial charge is 0.109 e. The molecule has 3 N–H and O–H groups in total. The summed E-state index contributed by atoms with van der Waals surface area (Å²) < 4.78 is 5.95. The lowest BCUT2D eigenvalue weighted by atomic mass is 10.0. The van der Waals surface area contributed by atoms with Gasteiger partial charge in [0.25, 0.3) is 0 Å². The highest BCUT2D eigenvalue weighted by Gasteiger charge is 2.45. The zero-order valence-corrected chi connectivity index (χ0v) is 20.6. The van der Waals surface area contributed by atoms with Gasteiger partial charge in [-0.25, -0.2) is 0 Å². The highest BCUT2D eigenvalue weighted by atomic mass is 35.5. The Morgan fingerprint density at radius 2 is 1.57 bits per heavy atom. The van der Waals surface area contributed by atoms with E-state index in [1.165, 1.54) is 0 Å². The Balaban J connectivity index is -0.00000156. The summed E-state index contributed by atoms with van der Waals surface area (Å²) in [4.78, 5) is 6.66. The maximum Gasteiger partial charge on any atom is 0.109 e. The summed E-state index contributed by atoms with van der Waals surface area (Å²) in [6, 6.07) is 0.434. The second-order valence-corrected chi connectivity index (χ2v) is 7.65. The Morgan fingerprint density at radius 1 is 1.00 bits per heavy atom. The molecule has 0 amide bonds. The molecule has 0 aromatic heterocycles. The van der Waals surface area contributed by atoms with Gasteiger partial charge < -0.3 is 30.1 Å². The molecular weight excluding hydrogens is 450 g/mol. The summed E-state index contributed by atoms with van der Waals surface area (Å²) in [6.45, 7) is 4.62. The first-order valence-corrected chi connectivity index (χ1v) is 9.13. The number of halogens is 4. The predicted octanol–water partition coefficient (Wildman–Crippen LogP) is 0.340. The first-order chi connectivity index (χ1) is 11.4. The van der Waals surface area contributed by atoms with Gasteiger partial charge in [0.1, 0.15) is 12.2 Å². The van der Waals surface area contributed by atoms with E-state index < -0.39 is 12.2 Å². The quantitative estimate of drug-likeness (QED) is 0.454. The van der Waals surface area contributed by atoms with E-state index in [9.17, 15) is 10.2 Å². The second-order valence-electron chi connectivity index (χ2n) is 7.65. The molecule has 0 radical (unpaired) electrons. The average molecular weight is 490 g/mol. The minimum absolute atomic E-state index is 0. The Bertz CT molecular complexity index is 380. The minimum Gasteiger partial charge on any atom is -0.394 e. The van der Waals surface area contributed by atoms with Crippen LogP contribution in [0.15, 0.2) is 0 Å².